The van der Waals surface area contributed by atoms with Crippen LogP contribution >= 0.6 is 0 Å². The van der Waals surface area contributed by atoms with E-state index in [1.807, 2.05) is 26.0 Å². The van der Waals surface area contributed by atoms with Gasteiger partial charge >= 0.3 is 5.97 Å². The third kappa shape index (κ3) is 6.27. The molecule has 2 aromatic carbocycles. The van der Waals surface area contributed by atoms with Gasteiger partial charge in [-0.1, -0.05) is 45.9 Å². The summed E-state index contributed by atoms with van der Waals surface area (Å²) in [4.78, 5) is 25.0. The molecule has 0 bridgehead atoms. The minimum absolute atomic E-state index is 0.0711. The Kier molecular flexibility index (Phi) is 8.16. The molecule has 1 aliphatic rings. The standard InChI is InChI=1S/C24H30N2O7S/c1-15(2)18-7-5-6-8-19(18)25-22(27)14-33-24(28)23(16(3)4)26-34(29,30)17-9-10-20-21(13-17)32-12-11-31-20/h5-10,13,15-16,23,26H,11-12,14H2,1-4H3,(H,25,27)/t23-/m1/s1. The molecule has 1 aliphatic heterocycles. The molecule has 0 fully saturated rings. The number of hydrogen-bond donors (Lipinski definition) is 2. The highest BCUT2D eigenvalue weighted by Crippen LogP contribution is 2.32. The molecule has 34 heavy (non-hydrogen) atoms. The molecule has 1 atom stereocenters. The number of benzene rings is 2. The summed E-state index contributed by atoms with van der Waals surface area (Å²) in [5.41, 5.74) is 1.59. The molecule has 0 spiro atoms. The Hall–Kier alpha value is -3.11. The lowest BCUT2D eigenvalue weighted by Gasteiger charge is -2.22. The largest absolute Gasteiger partial charge is 0.486 e. The number of nitrogens with one attached hydrogen (secondary N) is 2. The zero-order valence-corrected chi connectivity index (χ0v) is 20.5. The Bertz CT molecular complexity index is 1150. The summed E-state index contributed by atoms with van der Waals surface area (Å²) in [6.07, 6.45) is 0. The molecule has 0 saturated heterocycles. The SMILES string of the molecule is CC(C)c1ccccc1NC(=O)COC(=O)[C@H](NS(=O)(=O)c1ccc2c(c1)OCCO2)C(C)C. The van der Waals surface area contributed by atoms with Crippen LogP contribution in [0.25, 0.3) is 0 Å². The number of carbonyl (C=O) groups excluding carboxylic acids is 2. The van der Waals surface area contributed by atoms with E-state index in [-0.39, 0.29) is 10.8 Å². The van der Waals surface area contributed by atoms with E-state index in [0.717, 1.165) is 5.56 Å². The Labute approximate surface area is 199 Å². The van der Waals surface area contributed by atoms with Crippen molar-refractivity contribution in [2.75, 3.05) is 25.1 Å². The maximum absolute atomic E-state index is 12.9. The minimum atomic E-state index is -4.07. The van der Waals surface area contributed by atoms with Crippen molar-refractivity contribution in [3.8, 4) is 11.5 Å². The van der Waals surface area contributed by atoms with Gasteiger partial charge in [-0.25, -0.2) is 8.42 Å². The molecule has 0 unspecified atom stereocenters. The highest BCUT2D eigenvalue weighted by Gasteiger charge is 2.31. The predicted octanol–water partition coefficient (Wildman–Crippen LogP) is 3.07. The summed E-state index contributed by atoms with van der Waals surface area (Å²) in [7, 11) is -4.07. The monoisotopic (exact) mass is 490 g/mol. The summed E-state index contributed by atoms with van der Waals surface area (Å²) in [6, 6.07) is 10.4. The number of ether oxygens (including phenoxy) is 3. The maximum atomic E-state index is 12.9. The van der Waals surface area contributed by atoms with Crippen LogP contribution < -0.4 is 19.5 Å². The summed E-state index contributed by atoms with van der Waals surface area (Å²) < 4.78 is 44.2. The first-order chi connectivity index (χ1) is 16.1. The summed E-state index contributed by atoms with van der Waals surface area (Å²) in [5.74, 6) is -0.822. The number of carbonyl (C=O) groups is 2. The van der Waals surface area contributed by atoms with Crippen molar-refractivity contribution in [2.45, 2.75) is 44.6 Å². The average molecular weight is 491 g/mol. The van der Waals surface area contributed by atoms with E-state index < -0.39 is 40.5 Å². The zero-order chi connectivity index (χ0) is 24.9. The molecule has 1 heterocycles. The number of para-hydroxylation sites is 1. The van der Waals surface area contributed by atoms with E-state index in [9.17, 15) is 18.0 Å². The van der Waals surface area contributed by atoms with Gasteiger partial charge in [0.15, 0.2) is 18.1 Å². The number of anilines is 1. The first-order valence-electron chi connectivity index (χ1n) is 11.1. The molecule has 2 aromatic rings. The molecule has 0 aliphatic carbocycles. The van der Waals surface area contributed by atoms with Gasteiger partial charge in [0.05, 0.1) is 4.90 Å². The molecule has 0 radical (unpaired) electrons. The van der Waals surface area contributed by atoms with E-state index in [1.54, 1.807) is 26.0 Å². The second kappa shape index (κ2) is 10.9. The number of sulfonamides is 1. The average Bonchev–Trinajstić information content (AvgIpc) is 2.80. The van der Waals surface area contributed by atoms with Crippen LogP contribution in [0.5, 0.6) is 11.5 Å². The predicted molar refractivity (Wildman–Crippen MR) is 126 cm³/mol. The summed E-state index contributed by atoms with van der Waals surface area (Å²) >= 11 is 0. The summed E-state index contributed by atoms with van der Waals surface area (Å²) in [5, 5.41) is 2.74. The molecule has 0 aromatic heterocycles. The number of esters is 1. The van der Waals surface area contributed by atoms with Gasteiger partial charge in [-0.3, -0.25) is 9.59 Å². The fourth-order valence-electron chi connectivity index (χ4n) is 3.41. The van der Waals surface area contributed by atoms with Crippen LogP contribution in [0.15, 0.2) is 47.4 Å². The molecule has 184 valence electrons. The maximum Gasteiger partial charge on any atom is 0.324 e. The molecule has 0 saturated carbocycles. The minimum Gasteiger partial charge on any atom is -0.486 e. The Morgan fingerprint density at radius 2 is 1.68 bits per heavy atom. The third-order valence-corrected chi connectivity index (χ3v) is 6.67. The Morgan fingerprint density at radius 3 is 2.35 bits per heavy atom. The van der Waals surface area contributed by atoms with Crippen molar-refractivity contribution in [2.24, 2.45) is 5.92 Å². The molecular formula is C24H30N2O7S. The Balaban J connectivity index is 1.65. The number of hydrogen-bond acceptors (Lipinski definition) is 7. The van der Waals surface area contributed by atoms with Gasteiger partial charge in [-0.2, -0.15) is 4.72 Å². The first-order valence-corrected chi connectivity index (χ1v) is 12.5. The van der Waals surface area contributed by atoms with Crippen LogP contribution in [0.4, 0.5) is 5.69 Å². The molecule has 3 rings (SSSR count). The van der Waals surface area contributed by atoms with Gasteiger partial charge in [0, 0.05) is 11.8 Å². The van der Waals surface area contributed by atoms with Crippen LogP contribution in [0.2, 0.25) is 0 Å². The number of amides is 1. The molecule has 1 amide bonds. The number of fused-ring (bicyclic) bond motifs is 1. The van der Waals surface area contributed by atoms with Crippen molar-refractivity contribution in [3.63, 3.8) is 0 Å². The van der Waals surface area contributed by atoms with Crippen molar-refractivity contribution in [3.05, 3.63) is 48.0 Å². The van der Waals surface area contributed by atoms with Crippen LogP contribution in [0.3, 0.4) is 0 Å². The zero-order valence-electron chi connectivity index (χ0n) is 19.7. The van der Waals surface area contributed by atoms with Gasteiger partial charge in [0.1, 0.15) is 19.3 Å². The first kappa shape index (κ1) is 25.5. The van der Waals surface area contributed by atoms with Crippen molar-refractivity contribution in [1.82, 2.24) is 4.72 Å². The van der Waals surface area contributed by atoms with Crippen molar-refractivity contribution < 1.29 is 32.2 Å². The lowest BCUT2D eigenvalue weighted by Crippen LogP contribution is -2.45. The quantitative estimate of drug-likeness (QED) is 0.518. The van der Waals surface area contributed by atoms with E-state index >= 15 is 0 Å². The van der Waals surface area contributed by atoms with Gasteiger partial charge < -0.3 is 19.5 Å². The molecular weight excluding hydrogens is 460 g/mol. The van der Waals surface area contributed by atoms with Crippen LogP contribution in [0.1, 0.15) is 39.2 Å². The van der Waals surface area contributed by atoms with E-state index in [1.165, 1.54) is 18.2 Å². The lowest BCUT2D eigenvalue weighted by atomic mass is 10.0. The van der Waals surface area contributed by atoms with E-state index in [2.05, 4.69) is 10.0 Å². The highest BCUT2D eigenvalue weighted by molar-refractivity contribution is 7.89. The normalized spacial score (nSPS) is 14.1. The highest BCUT2D eigenvalue weighted by atomic mass is 32.2. The molecule has 10 heteroatoms. The lowest BCUT2D eigenvalue weighted by molar-refractivity contribution is -0.150. The van der Waals surface area contributed by atoms with Crippen LogP contribution in [-0.4, -0.2) is 46.2 Å². The van der Waals surface area contributed by atoms with Crippen molar-refractivity contribution in [1.29, 1.82) is 0 Å². The summed E-state index contributed by atoms with van der Waals surface area (Å²) in [6.45, 7) is 7.52. The van der Waals surface area contributed by atoms with E-state index in [0.29, 0.717) is 30.4 Å². The van der Waals surface area contributed by atoms with Crippen LogP contribution in [0, 0.1) is 5.92 Å². The molecule has 9 nitrogen and oxygen atoms in total. The van der Waals surface area contributed by atoms with Gasteiger partial charge in [-0.15, -0.1) is 0 Å². The third-order valence-electron chi connectivity index (χ3n) is 5.23. The van der Waals surface area contributed by atoms with Gasteiger partial charge in [0.2, 0.25) is 10.0 Å². The van der Waals surface area contributed by atoms with Gasteiger partial charge in [-0.05, 0) is 35.6 Å². The Morgan fingerprint density at radius 1 is 1.00 bits per heavy atom. The molecule has 2 N–H and O–H groups in total. The number of rotatable bonds is 9. The van der Waals surface area contributed by atoms with Crippen molar-refractivity contribution >= 4 is 27.6 Å². The van der Waals surface area contributed by atoms with Crippen LogP contribution in [-0.2, 0) is 24.3 Å². The fraction of sp³-hybridized carbons (Fsp3) is 0.417. The fourth-order valence-corrected chi connectivity index (χ4v) is 4.76. The van der Waals surface area contributed by atoms with E-state index in [4.69, 9.17) is 14.2 Å². The smallest absolute Gasteiger partial charge is 0.324 e. The second-order valence-corrected chi connectivity index (χ2v) is 10.3. The second-order valence-electron chi connectivity index (χ2n) is 8.55. The van der Waals surface area contributed by atoms with Gasteiger partial charge in [0.25, 0.3) is 5.91 Å². The topological polar surface area (TPSA) is 120 Å².